The van der Waals surface area contributed by atoms with E-state index in [1.807, 2.05) is 12.1 Å². The minimum absolute atomic E-state index is 0.0505. The molecule has 3 heterocycles. The van der Waals surface area contributed by atoms with Gasteiger partial charge in [-0.3, -0.25) is 18.6 Å². The van der Waals surface area contributed by atoms with Crippen LogP contribution in [0, 0.1) is 11.6 Å². The Morgan fingerprint density at radius 2 is 1.88 bits per heavy atom. The Labute approximate surface area is 191 Å². The topological polar surface area (TPSA) is 99.8 Å². The van der Waals surface area contributed by atoms with Crippen LogP contribution in [0.4, 0.5) is 8.78 Å². The third-order valence-corrected chi connectivity index (χ3v) is 5.45. The third kappa shape index (κ3) is 4.19. The lowest BCUT2D eigenvalue weighted by Crippen LogP contribution is -2.22. The van der Waals surface area contributed by atoms with Crippen LogP contribution in [0.25, 0.3) is 11.3 Å². The molecule has 0 bridgehead atoms. The van der Waals surface area contributed by atoms with Crippen molar-refractivity contribution < 1.29 is 23.0 Å². The lowest BCUT2D eigenvalue weighted by Gasteiger charge is -2.07. The first-order chi connectivity index (χ1) is 16.5. The van der Waals surface area contributed by atoms with Gasteiger partial charge in [-0.1, -0.05) is 6.07 Å². The maximum Gasteiger partial charge on any atom is 0.300 e. The number of aromatic nitrogens is 4. The van der Waals surface area contributed by atoms with Gasteiger partial charge in [0, 0.05) is 37.8 Å². The summed E-state index contributed by atoms with van der Waals surface area (Å²) in [4.78, 5) is 25.0. The molecule has 1 amide bonds. The number of nitrogens with zero attached hydrogens (tertiary/aromatic N) is 4. The van der Waals surface area contributed by atoms with E-state index >= 15 is 0 Å². The second kappa shape index (κ2) is 8.93. The fraction of sp³-hybridized carbons (Fsp3) is 0.217. The van der Waals surface area contributed by atoms with Gasteiger partial charge in [0.15, 0.2) is 23.1 Å². The monoisotopic (exact) mass is 467 g/mol. The van der Waals surface area contributed by atoms with Crippen molar-refractivity contribution in [2.24, 2.45) is 0 Å². The van der Waals surface area contributed by atoms with Gasteiger partial charge < -0.3 is 14.8 Å². The fourth-order valence-corrected chi connectivity index (χ4v) is 3.69. The van der Waals surface area contributed by atoms with Crippen molar-refractivity contribution in [1.82, 2.24) is 24.5 Å². The Kier molecular flexibility index (Phi) is 5.66. The first-order valence-corrected chi connectivity index (χ1v) is 10.6. The molecule has 5 rings (SSSR count). The number of carbonyl (C=O) groups is 1. The van der Waals surface area contributed by atoms with Crippen LogP contribution in [0.3, 0.4) is 0 Å². The van der Waals surface area contributed by atoms with Crippen LogP contribution in [0.5, 0.6) is 11.5 Å². The molecule has 1 aliphatic heterocycles. The van der Waals surface area contributed by atoms with Crippen molar-refractivity contribution in [2.75, 3.05) is 6.79 Å². The Morgan fingerprint density at radius 3 is 2.74 bits per heavy atom. The third-order valence-electron chi connectivity index (χ3n) is 5.45. The van der Waals surface area contributed by atoms with E-state index in [4.69, 9.17) is 9.47 Å². The summed E-state index contributed by atoms with van der Waals surface area (Å²) in [6, 6.07) is 8.69. The molecule has 1 N–H and O–H groups in total. The average Bonchev–Trinajstić information content (AvgIpc) is 3.47. The van der Waals surface area contributed by atoms with Crippen molar-refractivity contribution in [1.29, 1.82) is 0 Å². The summed E-state index contributed by atoms with van der Waals surface area (Å²) in [5.41, 5.74) is 0.608. The van der Waals surface area contributed by atoms with E-state index in [0.717, 1.165) is 17.7 Å². The van der Waals surface area contributed by atoms with Gasteiger partial charge >= 0.3 is 5.56 Å². The minimum atomic E-state index is -1.05. The molecule has 9 nitrogen and oxygen atoms in total. The molecule has 2 aromatic carbocycles. The zero-order valence-electron chi connectivity index (χ0n) is 17.8. The summed E-state index contributed by atoms with van der Waals surface area (Å²) in [6.45, 7) is 0.563. The largest absolute Gasteiger partial charge is 0.454 e. The summed E-state index contributed by atoms with van der Waals surface area (Å²) in [5.74, 6) is -0.299. The molecule has 0 aliphatic carbocycles. The summed E-state index contributed by atoms with van der Waals surface area (Å²) >= 11 is 0. The highest BCUT2D eigenvalue weighted by Crippen LogP contribution is 2.32. The molecule has 0 saturated heterocycles. The highest BCUT2D eigenvalue weighted by atomic mass is 19.2. The van der Waals surface area contributed by atoms with Crippen LogP contribution in [0.15, 0.2) is 53.6 Å². The number of rotatable bonds is 7. The van der Waals surface area contributed by atoms with E-state index in [0.29, 0.717) is 36.7 Å². The Bertz CT molecular complexity index is 1450. The first-order valence-electron chi connectivity index (χ1n) is 10.6. The van der Waals surface area contributed by atoms with E-state index in [2.05, 4.69) is 15.5 Å². The van der Waals surface area contributed by atoms with Gasteiger partial charge in [0.2, 0.25) is 18.3 Å². The molecule has 0 unspecified atom stereocenters. The molecule has 0 radical (unpaired) electrons. The van der Waals surface area contributed by atoms with Crippen LogP contribution >= 0.6 is 0 Å². The van der Waals surface area contributed by atoms with Gasteiger partial charge in [-0.2, -0.15) is 0 Å². The number of ether oxygens (including phenoxy) is 2. The number of amides is 1. The first kappa shape index (κ1) is 21.6. The standard InChI is InChI=1S/C23H19F2N5O4/c24-16-6-5-15(11-17(16)25)29-8-9-30-20(27-28-22(30)23(29)32)2-1-3-21(31)26-12-14-4-7-18-19(10-14)34-13-33-18/h4-11H,1-3,12-13H2,(H,26,31). The molecular weight excluding hydrogens is 448 g/mol. The number of benzene rings is 2. The molecule has 0 atom stereocenters. The fourth-order valence-electron chi connectivity index (χ4n) is 3.69. The van der Waals surface area contributed by atoms with Crippen molar-refractivity contribution in [3.05, 3.63) is 82.2 Å². The van der Waals surface area contributed by atoms with E-state index in [1.54, 1.807) is 12.3 Å². The van der Waals surface area contributed by atoms with Crippen LogP contribution in [-0.2, 0) is 17.8 Å². The zero-order chi connectivity index (χ0) is 23.7. The van der Waals surface area contributed by atoms with Gasteiger partial charge in [-0.05, 0) is 36.2 Å². The van der Waals surface area contributed by atoms with E-state index in [-0.39, 0.29) is 30.5 Å². The number of carbonyl (C=O) groups excluding carboxylic acids is 1. The lowest BCUT2D eigenvalue weighted by molar-refractivity contribution is -0.121. The summed E-state index contributed by atoms with van der Waals surface area (Å²) in [6.07, 6.45) is 4.21. The van der Waals surface area contributed by atoms with Crippen molar-refractivity contribution >= 4 is 11.6 Å². The highest BCUT2D eigenvalue weighted by Gasteiger charge is 2.15. The molecular formula is C23H19F2N5O4. The number of fused-ring (bicyclic) bond motifs is 2. The second-order valence-corrected chi connectivity index (χ2v) is 7.70. The molecule has 174 valence electrons. The smallest absolute Gasteiger partial charge is 0.300 e. The molecule has 34 heavy (non-hydrogen) atoms. The quantitative estimate of drug-likeness (QED) is 0.449. The van der Waals surface area contributed by atoms with E-state index in [9.17, 15) is 18.4 Å². The Morgan fingerprint density at radius 1 is 1.03 bits per heavy atom. The maximum atomic E-state index is 13.6. The Hall–Kier alpha value is -4.28. The lowest BCUT2D eigenvalue weighted by atomic mass is 10.2. The molecule has 0 saturated carbocycles. The van der Waals surface area contributed by atoms with Gasteiger partial charge in [0.25, 0.3) is 0 Å². The predicted molar refractivity (Wildman–Crippen MR) is 116 cm³/mol. The summed E-state index contributed by atoms with van der Waals surface area (Å²) < 4.78 is 40.1. The molecule has 2 aromatic heterocycles. The van der Waals surface area contributed by atoms with E-state index in [1.165, 1.54) is 21.2 Å². The van der Waals surface area contributed by atoms with Crippen LogP contribution in [-0.4, -0.2) is 31.9 Å². The van der Waals surface area contributed by atoms with Gasteiger partial charge in [-0.15, -0.1) is 10.2 Å². The number of hydrogen-bond donors (Lipinski definition) is 1. The van der Waals surface area contributed by atoms with Crippen molar-refractivity contribution in [3.8, 4) is 17.2 Å². The highest BCUT2D eigenvalue weighted by molar-refractivity contribution is 5.75. The molecule has 0 fully saturated rings. The van der Waals surface area contributed by atoms with Crippen molar-refractivity contribution in [3.63, 3.8) is 0 Å². The van der Waals surface area contributed by atoms with Gasteiger partial charge in [0.05, 0.1) is 5.69 Å². The van der Waals surface area contributed by atoms with Crippen LogP contribution in [0.2, 0.25) is 0 Å². The number of nitrogens with one attached hydrogen (secondary N) is 1. The molecule has 0 spiro atoms. The van der Waals surface area contributed by atoms with Crippen LogP contribution < -0.4 is 20.3 Å². The molecule has 4 aromatic rings. The average molecular weight is 467 g/mol. The zero-order valence-corrected chi connectivity index (χ0v) is 17.8. The maximum absolute atomic E-state index is 13.6. The van der Waals surface area contributed by atoms with Gasteiger partial charge in [0.1, 0.15) is 5.82 Å². The SMILES string of the molecule is O=C(CCCc1nnc2c(=O)n(-c3ccc(F)c(F)c3)ccn12)NCc1ccc2c(c1)OCO2. The number of hydrogen-bond acceptors (Lipinski definition) is 6. The normalized spacial score (nSPS) is 12.3. The minimum Gasteiger partial charge on any atom is -0.454 e. The molecule has 11 heteroatoms. The summed E-state index contributed by atoms with van der Waals surface area (Å²) in [5, 5.41) is 10.9. The molecule has 1 aliphatic rings. The van der Waals surface area contributed by atoms with E-state index < -0.39 is 17.2 Å². The summed E-state index contributed by atoms with van der Waals surface area (Å²) in [7, 11) is 0. The van der Waals surface area contributed by atoms with Crippen LogP contribution in [0.1, 0.15) is 24.2 Å². The van der Waals surface area contributed by atoms with Gasteiger partial charge in [-0.25, -0.2) is 8.78 Å². The second-order valence-electron chi connectivity index (χ2n) is 7.70. The Balaban J connectivity index is 1.20. The number of aryl methyl sites for hydroxylation is 1. The predicted octanol–water partition coefficient (Wildman–Crippen LogP) is 2.53. The van der Waals surface area contributed by atoms with Crippen molar-refractivity contribution in [2.45, 2.75) is 25.8 Å². The number of halogens is 2.